The molecular formula is C17H24N2O5. The second kappa shape index (κ2) is 11.0. The van der Waals surface area contributed by atoms with E-state index in [2.05, 4.69) is 17.8 Å². The van der Waals surface area contributed by atoms with Crippen LogP contribution in [-0.4, -0.2) is 31.0 Å². The molecule has 0 bridgehead atoms. The summed E-state index contributed by atoms with van der Waals surface area (Å²) in [4.78, 5) is 33.7. The first-order valence-electron chi connectivity index (χ1n) is 7.98. The monoisotopic (exact) mass is 336 g/mol. The second-order valence-electron chi connectivity index (χ2n) is 5.24. The maximum atomic E-state index is 11.8. The molecule has 0 aliphatic rings. The van der Waals surface area contributed by atoms with Crippen LogP contribution in [0.25, 0.3) is 0 Å². The van der Waals surface area contributed by atoms with Crippen LogP contribution in [0.15, 0.2) is 24.3 Å². The zero-order valence-corrected chi connectivity index (χ0v) is 14.1. The highest BCUT2D eigenvalue weighted by Gasteiger charge is 2.10. The largest absolute Gasteiger partial charge is 0.494 e. The summed E-state index contributed by atoms with van der Waals surface area (Å²) in [6.07, 6.45) is 4.52. The molecule has 24 heavy (non-hydrogen) atoms. The number of hydrazine groups is 1. The molecule has 0 spiro atoms. The molecule has 0 unspecified atom stereocenters. The number of carbonyl (C=O) groups is 3. The predicted octanol–water partition coefficient (Wildman–Crippen LogP) is 1.97. The molecule has 0 radical (unpaired) electrons. The summed E-state index contributed by atoms with van der Waals surface area (Å²) in [6, 6.07) is 6.53. The number of hydrogen-bond acceptors (Lipinski definition) is 5. The molecule has 0 heterocycles. The van der Waals surface area contributed by atoms with E-state index in [4.69, 9.17) is 9.47 Å². The molecule has 0 aromatic heterocycles. The number of ether oxygens (including phenoxy) is 2. The molecule has 7 nitrogen and oxygen atoms in total. The fraction of sp³-hybridized carbons (Fsp3) is 0.471. The lowest BCUT2D eigenvalue weighted by atomic mass is 10.2. The number of hydrogen-bond donors (Lipinski definition) is 2. The van der Waals surface area contributed by atoms with Gasteiger partial charge in [0.2, 0.25) is 5.91 Å². The van der Waals surface area contributed by atoms with Crippen LogP contribution in [-0.2, 0) is 14.3 Å². The average molecular weight is 336 g/mol. The van der Waals surface area contributed by atoms with E-state index in [-0.39, 0.29) is 0 Å². The third-order valence-corrected chi connectivity index (χ3v) is 3.07. The van der Waals surface area contributed by atoms with Gasteiger partial charge in [0.1, 0.15) is 5.75 Å². The number of unbranched alkanes of at least 4 members (excludes halogenated alkanes) is 3. The van der Waals surface area contributed by atoms with E-state index < -0.39 is 24.4 Å². The van der Waals surface area contributed by atoms with E-state index >= 15 is 0 Å². The number of esters is 1. The minimum atomic E-state index is -0.623. The number of rotatable bonds is 9. The predicted molar refractivity (Wildman–Crippen MR) is 88.3 cm³/mol. The fourth-order valence-electron chi connectivity index (χ4n) is 1.81. The summed E-state index contributed by atoms with van der Waals surface area (Å²) >= 11 is 0. The SMILES string of the molecule is CCCCCCOc1ccc(C(=O)OCC(=O)NNC(C)=O)cc1. The minimum absolute atomic E-state index is 0.320. The molecule has 0 atom stereocenters. The van der Waals surface area contributed by atoms with E-state index in [0.717, 1.165) is 12.8 Å². The van der Waals surface area contributed by atoms with E-state index in [1.165, 1.54) is 19.8 Å². The fourth-order valence-corrected chi connectivity index (χ4v) is 1.81. The minimum Gasteiger partial charge on any atom is -0.494 e. The smallest absolute Gasteiger partial charge is 0.338 e. The molecular weight excluding hydrogens is 312 g/mol. The Labute approximate surface area is 141 Å². The van der Waals surface area contributed by atoms with Gasteiger partial charge < -0.3 is 9.47 Å². The van der Waals surface area contributed by atoms with Crippen LogP contribution >= 0.6 is 0 Å². The lowest BCUT2D eigenvalue weighted by molar-refractivity contribution is -0.129. The normalized spacial score (nSPS) is 9.92. The van der Waals surface area contributed by atoms with Crippen LogP contribution in [0, 0.1) is 0 Å². The number of nitrogens with one attached hydrogen (secondary N) is 2. The van der Waals surface area contributed by atoms with E-state index in [9.17, 15) is 14.4 Å². The van der Waals surface area contributed by atoms with Gasteiger partial charge in [0.25, 0.3) is 5.91 Å². The van der Waals surface area contributed by atoms with Crippen LogP contribution in [0.1, 0.15) is 49.9 Å². The van der Waals surface area contributed by atoms with Gasteiger partial charge in [0.05, 0.1) is 12.2 Å². The van der Waals surface area contributed by atoms with Gasteiger partial charge >= 0.3 is 5.97 Å². The van der Waals surface area contributed by atoms with Crippen molar-refractivity contribution in [2.75, 3.05) is 13.2 Å². The Morgan fingerprint density at radius 2 is 1.71 bits per heavy atom. The van der Waals surface area contributed by atoms with Crippen molar-refractivity contribution in [1.82, 2.24) is 10.9 Å². The molecule has 0 saturated heterocycles. The first-order valence-corrected chi connectivity index (χ1v) is 7.98. The van der Waals surface area contributed by atoms with Crippen molar-refractivity contribution in [2.45, 2.75) is 39.5 Å². The summed E-state index contributed by atoms with van der Waals surface area (Å²) < 4.78 is 10.4. The van der Waals surface area contributed by atoms with Crippen LogP contribution in [0.5, 0.6) is 5.75 Å². The molecule has 0 aliphatic heterocycles. The first kappa shape index (κ1) is 19.5. The van der Waals surface area contributed by atoms with Crippen molar-refractivity contribution in [1.29, 1.82) is 0 Å². The van der Waals surface area contributed by atoms with Crippen molar-refractivity contribution in [3.8, 4) is 5.75 Å². The Balaban J connectivity index is 2.32. The first-order chi connectivity index (χ1) is 11.5. The Morgan fingerprint density at radius 3 is 2.33 bits per heavy atom. The molecule has 1 aromatic carbocycles. The van der Waals surface area contributed by atoms with Crippen LogP contribution < -0.4 is 15.6 Å². The Morgan fingerprint density at radius 1 is 1.00 bits per heavy atom. The highest BCUT2D eigenvalue weighted by Crippen LogP contribution is 2.13. The zero-order chi connectivity index (χ0) is 17.8. The Hall–Kier alpha value is -2.57. The zero-order valence-electron chi connectivity index (χ0n) is 14.1. The van der Waals surface area contributed by atoms with Crippen LogP contribution in [0.2, 0.25) is 0 Å². The van der Waals surface area contributed by atoms with E-state index in [1.54, 1.807) is 24.3 Å². The molecule has 7 heteroatoms. The van der Waals surface area contributed by atoms with Crippen LogP contribution in [0.4, 0.5) is 0 Å². The number of benzene rings is 1. The third-order valence-electron chi connectivity index (χ3n) is 3.07. The summed E-state index contributed by atoms with van der Waals surface area (Å²) in [5, 5.41) is 0. The van der Waals surface area contributed by atoms with E-state index in [1.807, 2.05) is 0 Å². The summed E-state index contributed by atoms with van der Waals surface area (Å²) in [5.74, 6) is -0.973. The quantitative estimate of drug-likeness (QED) is 0.408. The molecule has 132 valence electrons. The Kier molecular flexibility index (Phi) is 8.96. The number of carbonyl (C=O) groups excluding carboxylic acids is 3. The lowest BCUT2D eigenvalue weighted by Gasteiger charge is -2.08. The maximum absolute atomic E-state index is 11.8. The highest BCUT2D eigenvalue weighted by atomic mass is 16.5. The average Bonchev–Trinajstić information content (AvgIpc) is 2.58. The summed E-state index contributed by atoms with van der Waals surface area (Å²) in [7, 11) is 0. The van der Waals surface area contributed by atoms with Crippen LogP contribution in [0.3, 0.4) is 0 Å². The van der Waals surface area contributed by atoms with Gasteiger partial charge in [-0.05, 0) is 30.7 Å². The van der Waals surface area contributed by atoms with Gasteiger partial charge in [-0.3, -0.25) is 20.4 Å². The summed E-state index contributed by atoms with van der Waals surface area (Å²) in [6.45, 7) is 3.57. The molecule has 0 saturated carbocycles. The maximum Gasteiger partial charge on any atom is 0.338 e. The van der Waals surface area contributed by atoms with Gasteiger partial charge in [-0.15, -0.1) is 0 Å². The van der Waals surface area contributed by atoms with Crippen molar-refractivity contribution >= 4 is 17.8 Å². The van der Waals surface area contributed by atoms with Crippen molar-refractivity contribution in [2.24, 2.45) is 0 Å². The van der Waals surface area contributed by atoms with E-state index in [0.29, 0.717) is 17.9 Å². The molecule has 1 rings (SSSR count). The number of amides is 2. The van der Waals surface area contributed by atoms with Gasteiger partial charge in [-0.2, -0.15) is 0 Å². The lowest BCUT2D eigenvalue weighted by Crippen LogP contribution is -2.42. The van der Waals surface area contributed by atoms with Gasteiger partial charge in [0.15, 0.2) is 6.61 Å². The van der Waals surface area contributed by atoms with Gasteiger partial charge in [0, 0.05) is 6.92 Å². The summed E-state index contributed by atoms with van der Waals surface area (Å²) in [5.41, 5.74) is 4.52. The second-order valence-corrected chi connectivity index (χ2v) is 5.24. The molecule has 2 amide bonds. The standard InChI is InChI=1S/C17H24N2O5/c1-3-4-5-6-11-23-15-9-7-14(8-10-15)17(22)24-12-16(21)19-18-13(2)20/h7-10H,3-6,11-12H2,1-2H3,(H,18,20)(H,19,21). The van der Waals surface area contributed by atoms with Crippen molar-refractivity contribution in [3.05, 3.63) is 29.8 Å². The Bertz CT molecular complexity index is 542. The molecule has 2 N–H and O–H groups in total. The topological polar surface area (TPSA) is 93.7 Å². The van der Waals surface area contributed by atoms with Crippen molar-refractivity contribution in [3.63, 3.8) is 0 Å². The molecule has 0 aliphatic carbocycles. The third kappa shape index (κ3) is 8.17. The van der Waals surface area contributed by atoms with Gasteiger partial charge in [-0.1, -0.05) is 26.2 Å². The highest BCUT2D eigenvalue weighted by molar-refractivity contribution is 5.91. The molecule has 1 aromatic rings. The van der Waals surface area contributed by atoms with Crippen molar-refractivity contribution < 1.29 is 23.9 Å². The molecule has 0 fully saturated rings. The van der Waals surface area contributed by atoms with Gasteiger partial charge in [-0.25, -0.2) is 4.79 Å².